The maximum Gasteiger partial charge on any atom is 0.227 e. The SMILES string of the molecule is COc1ccccc1CN1CCN(c2nnc(-c3ccc[nH]3)n2C)CC1. The van der Waals surface area contributed by atoms with Crippen molar-refractivity contribution in [1.29, 1.82) is 0 Å². The van der Waals surface area contributed by atoms with E-state index in [2.05, 4.69) is 41.7 Å². The van der Waals surface area contributed by atoms with Gasteiger partial charge < -0.3 is 14.6 Å². The van der Waals surface area contributed by atoms with Crippen molar-refractivity contribution in [3.8, 4) is 17.3 Å². The summed E-state index contributed by atoms with van der Waals surface area (Å²) in [5.41, 5.74) is 2.22. The highest BCUT2D eigenvalue weighted by Gasteiger charge is 2.23. The van der Waals surface area contributed by atoms with Crippen LogP contribution in [-0.4, -0.2) is 57.9 Å². The molecule has 26 heavy (non-hydrogen) atoms. The van der Waals surface area contributed by atoms with Gasteiger partial charge in [0, 0.05) is 51.5 Å². The van der Waals surface area contributed by atoms with E-state index < -0.39 is 0 Å². The number of aromatic nitrogens is 4. The van der Waals surface area contributed by atoms with Crippen molar-refractivity contribution < 1.29 is 4.74 Å². The molecule has 4 rings (SSSR count). The summed E-state index contributed by atoms with van der Waals surface area (Å²) >= 11 is 0. The molecule has 0 atom stereocenters. The molecule has 1 saturated heterocycles. The molecular weight excluding hydrogens is 328 g/mol. The van der Waals surface area contributed by atoms with Gasteiger partial charge in [-0.1, -0.05) is 18.2 Å². The molecule has 1 fully saturated rings. The Kier molecular flexibility index (Phi) is 4.62. The van der Waals surface area contributed by atoms with Crippen LogP contribution in [0.3, 0.4) is 0 Å². The number of methoxy groups -OCH3 is 1. The van der Waals surface area contributed by atoms with Crippen molar-refractivity contribution in [2.45, 2.75) is 6.54 Å². The lowest BCUT2D eigenvalue weighted by atomic mass is 10.1. The molecular formula is C19H24N6O. The third kappa shape index (κ3) is 3.17. The number of hydrogen-bond acceptors (Lipinski definition) is 5. The number of ether oxygens (including phenoxy) is 1. The van der Waals surface area contributed by atoms with E-state index in [1.165, 1.54) is 5.56 Å². The number of rotatable bonds is 5. The van der Waals surface area contributed by atoms with Crippen LogP contribution in [0.5, 0.6) is 5.75 Å². The average Bonchev–Trinajstić information content (AvgIpc) is 3.32. The van der Waals surface area contributed by atoms with E-state index in [0.29, 0.717) is 0 Å². The Hall–Kier alpha value is -2.80. The van der Waals surface area contributed by atoms with Gasteiger partial charge in [-0.3, -0.25) is 9.47 Å². The number of benzene rings is 1. The molecule has 1 aliphatic heterocycles. The minimum atomic E-state index is 0.862. The molecule has 3 aromatic rings. The molecule has 0 saturated carbocycles. The molecule has 7 nitrogen and oxygen atoms in total. The molecule has 1 N–H and O–H groups in total. The highest BCUT2D eigenvalue weighted by Crippen LogP contribution is 2.23. The fourth-order valence-electron chi connectivity index (χ4n) is 3.48. The minimum Gasteiger partial charge on any atom is -0.496 e. The standard InChI is InChI=1S/C19H24N6O/c1-23-18(16-7-5-9-20-16)21-22-19(23)25-12-10-24(11-13-25)14-15-6-3-4-8-17(15)26-2/h3-9,20H,10-14H2,1-2H3. The van der Waals surface area contributed by atoms with Gasteiger partial charge in [-0.25, -0.2) is 0 Å². The summed E-state index contributed by atoms with van der Waals surface area (Å²) in [7, 11) is 3.75. The fourth-order valence-corrected chi connectivity index (χ4v) is 3.48. The van der Waals surface area contributed by atoms with Crippen molar-refractivity contribution in [1.82, 2.24) is 24.6 Å². The molecule has 0 spiro atoms. The van der Waals surface area contributed by atoms with Crippen LogP contribution < -0.4 is 9.64 Å². The quantitative estimate of drug-likeness (QED) is 0.762. The molecule has 1 aliphatic rings. The first kappa shape index (κ1) is 16.7. The highest BCUT2D eigenvalue weighted by atomic mass is 16.5. The Morgan fingerprint density at radius 3 is 2.58 bits per heavy atom. The predicted molar refractivity (Wildman–Crippen MR) is 101 cm³/mol. The average molecular weight is 352 g/mol. The predicted octanol–water partition coefficient (Wildman–Crippen LogP) is 2.14. The first-order valence-electron chi connectivity index (χ1n) is 8.88. The molecule has 0 aliphatic carbocycles. The largest absolute Gasteiger partial charge is 0.496 e. The maximum atomic E-state index is 5.47. The normalized spacial score (nSPS) is 15.4. The molecule has 7 heteroatoms. The van der Waals surface area contributed by atoms with Gasteiger partial charge in [0.2, 0.25) is 5.95 Å². The number of para-hydroxylation sites is 1. The van der Waals surface area contributed by atoms with Gasteiger partial charge in [0.1, 0.15) is 5.75 Å². The molecule has 3 heterocycles. The van der Waals surface area contributed by atoms with Gasteiger partial charge in [0.15, 0.2) is 5.82 Å². The Balaban J connectivity index is 1.41. The molecule has 1 aromatic carbocycles. The zero-order valence-corrected chi connectivity index (χ0v) is 15.2. The van der Waals surface area contributed by atoms with E-state index in [-0.39, 0.29) is 0 Å². The third-order valence-corrected chi connectivity index (χ3v) is 4.93. The number of H-pyrrole nitrogens is 1. The van der Waals surface area contributed by atoms with Crippen molar-refractivity contribution in [3.63, 3.8) is 0 Å². The van der Waals surface area contributed by atoms with Gasteiger partial charge in [0.25, 0.3) is 0 Å². The van der Waals surface area contributed by atoms with Gasteiger partial charge in [-0.2, -0.15) is 0 Å². The number of nitrogens with one attached hydrogen (secondary N) is 1. The van der Waals surface area contributed by atoms with E-state index in [9.17, 15) is 0 Å². The van der Waals surface area contributed by atoms with Crippen LogP contribution in [0.2, 0.25) is 0 Å². The summed E-state index contributed by atoms with van der Waals surface area (Å²) in [4.78, 5) is 7.95. The zero-order chi connectivity index (χ0) is 17.9. The number of piperazine rings is 1. The van der Waals surface area contributed by atoms with Crippen molar-refractivity contribution >= 4 is 5.95 Å². The topological polar surface area (TPSA) is 62.2 Å². The summed E-state index contributed by atoms with van der Waals surface area (Å²) in [5.74, 6) is 2.74. The highest BCUT2D eigenvalue weighted by molar-refractivity contribution is 5.53. The second-order valence-electron chi connectivity index (χ2n) is 6.54. The number of hydrogen-bond donors (Lipinski definition) is 1. The van der Waals surface area contributed by atoms with E-state index in [0.717, 1.165) is 55.9 Å². The van der Waals surface area contributed by atoms with Crippen LogP contribution >= 0.6 is 0 Å². The van der Waals surface area contributed by atoms with Crippen LogP contribution in [0.1, 0.15) is 5.56 Å². The van der Waals surface area contributed by atoms with Crippen molar-refractivity contribution in [3.05, 3.63) is 48.2 Å². The zero-order valence-electron chi connectivity index (χ0n) is 15.2. The van der Waals surface area contributed by atoms with Gasteiger partial charge in [-0.05, 0) is 18.2 Å². The number of anilines is 1. The number of aromatic amines is 1. The first-order valence-corrected chi connectivity index (χ1v) is 8.88. The van der Waals surface area contributed by atoms with Crippen LogP contribution in [0.15, 0.2) is 42.6 Å². The molecule has 2 aromatic heterocycles. The monoisotopic (exact) mass is 352 g/mol. The summed E-state index contributed by atoms with van der Waals surface area (Å²) in [5, 5.41) is 8.76. The van der Waals surface area contributed by atoms with E-state index >= 15 is 0 Å². The summed E-state index contributed by atoms with van der Waals surface area (Å²) in [6.45, 7) is 4.76. The van der Waals surface area contributed by atoms with E-state index in [4.69, 9.17) is 4.74 Å². The van der Waals surface area contributed by atoms with Crippen molar-refractivity contribution in [2.24, 2.45) is 7.05 Å². The Labute approximate surface area is 153 Å². The Bertz CT molecular complexity index is 849. The second kappa shape index (κ2) is 7.21. The first-order chi connectivity index (χ1) is 12.8. The summed E-state index contributed by atoms with van der Waals surface area (Å²) in [6, 6.07) is 12.2. The van der Waals surface area contributed by atoms with Gasteiger partial charge >= 0.3 is 0 Å². The Morgan fingerprint density at radius 2 is 1.85 bits per heavy atom. The third-order valence-electron chi connectivity index (χ3n) is 4.93. The minimum absolute atomic E-state index is 0.862. The van der Waals surface area contributed by atoms with Crippen LogP contribution in [0.4, 0.5) is 5.95 Å². The smallest absolute Gasteiger partial charge is 0.227 e. The summed E-state index contributed by atoms with van der Waals surface area (Å²) in [6.07, 6.45) is 1.90. The lowest BCUT2D eigenvalue weighted by molar-refractivity contribution is 0.244. The second-order valence-corrected chi connectivity index (χ2v) is 6.54. The maximum absolute atomic E-state index is 5.47. The molecule has 0 amide bonds. The lowest BCUT2D eigenvalue weighted by Crippen LogP contribution is -2.46. The summed E-state index contributed by atoms with van der Waals surface area (Å²) < 4.78 is 7.53. The molecule has 0 bridgehead atoms. The molecule has 136 valence electrons. The van der Waals surface area contributed by atoms with Crippen molar-refractivity contribution in [2.75, 3.05) is 38.2 Å². The van der Waals surface area contributed by atoms with E-state index in [1.54, 1.807) is 7.11 Å². The molecule has 0 unspecified atom stereocenters. The van der Waals surface area contributed by atoms with E-state index in [1.807, 2.05) is 37.5 Å². The fraction of sp³-hybridized carbons (Fsp3) is 0.368. The molecule has 0 radical (unpaired) electrons. The van der Waals surface area contributed by atoms with Gasteiger partial charge in [-0.15, -0.1) is 10.2 Å². The lowest BCUT2D eigenvalue weighted by Gasteiger charge is -2.35. The van der Waals surface area contributed by atoms with Crippen LogP contribution in [0, 0.1) is 0 Å². The Morgan fingerprint density at radius 1 is 1.04 bits per heavy atom. The van der Waals surface area contributed by atoms with Crippen LogP contribution in [0.25, 0.3) is 11.5 Å². The number of nitrogens with zero attached hydrogens (tertiary/aromatic N) is 5. The van der Waals surface area contributed by atoms with Crippen LogP contribution in [-0.2, 0) is 13.6 Å². The van der Waals surface area contributed by atoms with Gasteiger partial charge in [0.05, 0.1) is 12.8 Å².